The highest BCUT2D eigenvalue weighted by molar-refractivity contribution is 5.72. The van der Waals surface area contributed by atoms with Crippen LogP contribution in [0.5, 0.6) is 0 Å². The summed E-state index contributed by atoms with van der Waals surface area (Å²) < 4.78 is 0. The topological polar surface area (TPSA) is 57.5 Å². The second-order valence-corrected chi connectivity index (χ2v) is 4.33. The Morgan fingerprint density at radius 3 is 1.64 bits per heavy atom. The second kappa shape index (κ2) is 5.66. The summed E-state index contributed by atoms with van der Waals surface area (Å²) in [5.74, 6) is 1.49. The number of carbonyl (C=O) groups is 1. The number of rotatable bonds is 1. The van der Waals surface area contributed by atoms with E-state index in [2.05, 4.69) is 5.92 Å². The number of aliphatic carboxylic acids is 1. The summed E-state index contributed by atoms with van der Waals surface area (Å²) in [6, 6.07) is 0. The van der Waals surface area contributed by atoms with Crippen LogP contribution in [0.1, 0.15) is 41.0 Å². The SMILES string of the molecule is C#CC(C)(O)CC.CC(C)(C)C(=O)O. The van der Waals surface area contributed by atoms with Crippen LogP contribution in [0.4, 0.5) is 0 Å². The van der Waals surface area contributed by atoms with Gasteiger partial charge in [0.15, 0.2) is 0 Å². The van der Waals surface area contributed by atoms with Gasteiger partial charge in [0.1, 0.15) is 5.60 Å². The third kappa shape index (κ3) is 9.08. The third-order valence-electron chi connectivity index (χ3n) is 1.64. The fourth-order valence-corrected chi connectivity index (χ4v) is 0.102. The Morgan fingerprint density at radius 2 is 1.64 bits per heavy atom. The minimum atomic E-state index is -0.889. The van der Waals surface area contributed by atoms with Crippen molar-refractivity contribution in [3.8, 4) is 12.3 Å². The van der Waals surface area contributed by atoms with Crippen molar-refractivity contribution >= 4 is 5.97 Å². The first-order valence-electron chi connectivity index (χ1n) is 4.50. The molecule has 0 rings (SSSR count). The molecule has 0 spiro atoms. The molecule has 0 aliphatic rings. The Balaban J connectivity index is 0. The van der Waals surface area contributed by atoms with E-state index in [0.29, 0.717) is 6.42 Å². The quantitative estimate of drug-likeness (QED) is 0.635. The van der Waals surface area contributed by atoms with E-state index in [9.17, 15) is 4.79 Å². The minimum Gasteiger partial charge on any atom is -0.481 e. The number of carboxylic acids is 1. The molecule has 0 heterocycles. The highest BCUT2D eigenvalue weighted by Crippen LogP contribution is 2.11. The molecule has 0 bridgehead atoms. The molecule has 0 saturated heterocycles. The van der Waals surface area contributed by atoms with E-state index in [0.717, 1.165) is 0 Å². The Hall–Kier alpha value is -1.01. The molecule has 0 fully saturated rings. The van der Waals surface area contributed by atoms with Crippen molar-refractivity contribution in [2.24, 2.45) is 5.41 Å². The summed E-state index contributed by atoms with van der Waals surface area (Å²) >= 11 is 0. The van der Waals surface area contributed by atoms with Gasteiger partial charge in [-0.2, -0.15) is 0 Å². The van der Waals surface area contributed by atoms with Gasteiger partial charge in [0.05, 0.1) is 5.41 Å². The van der Waals surface area contributed by atoms with Crippen molar-refractivity contribution in [2.75, 3.05) is 0 Å². The molecule has 0 aromatic heterocycles. The van der Waals surface area contributed by atoms with Crippen LogP contribution in [-0.2, 0) is 4.79 Å². The predicted molar refractivity (Wildman–Crippen MR) is 56.8 cm³/mol. The molecule has 14 heavy (non-hydrogen) atoms. The molecule has 1 atom stereocenters. The summed E-state index contributed by atoms with van der Waals surface area (Å²) in [5, 5.41) is 17.1. The number of hydrogen-bond donors (Lipinski definition) is 2. The van der Waals surface area contributed by atoms with Gasteiger partial charge in [0, 0.05) is 0 Å². The van der Waals surface area contributed by atoms with Gasteiger partial charge in [-0.25, -0.2) is 0 Å². The van der Waals surface area contributed by atoms with Crippen molar-refractivity contribution in [3.63, 3.8) is 0 Å². The Kier molecular flexibility index (Phi) is 6.26. The number of carboxylic acid groups (broad SMARTS) is 1. The standard InChI is InChI=1S/C6H10O.C5H10O2/c1-4-6(3,7)5-2;1-5(2,3)4(6)7/h1,7H,5H2,2-3H3;1-3H3,(H,6,7). The molecular weight excluding hydrogens is 180 g/mol. The highest BCUT2D eigenvalue weighted by Gasteiger charge is 2.18. The molecule has 1 unspecified atom stereocenters. The van der Waals surface area contributed by atoms with Crippen LogP contribution >= 0.6 is 0 Å². The fourth-order valence-electron chi connectivity index (χ4n) is 0.102. The van der Waals surface area contributed by atoms with Gasteiger partial charge in [-0.1, -0.05) is 12.8 Å². The maximum Gasteiger partial charge on any atom is 0.308 e. The van der Waals surface area contributed by atoms with E-state index < -0.39 is 17.0 Å². The molecule has 0 radical (unpaired) electrons. The van der Waals surface area contributed by atoms with E-state index >= 15 is 0 Å². The van der Waals surface area contributed by atoms with Gasteiger partial charge in [-0.15, -0.1) is 6.42 Å². The number of terminal acetylenes is 1. The maximum atomic E-state index is 10.0. The molecule has 0 saturated carbocycles. The zero-order valence-electron chi connectivity index (χ0n) is 9.59. The minimum absolute atomic E-state index is 0.583. The van der Waals surface area contributed by atoms with Gasteiger partial charge in [-0.3, -0.25) is 4.79 Å². The summed E-state index contributed by atoms with van der Waals surface area (Å²) in [6.45, 7) is 8.45. The summed E-state index contributed by atoms with van der Waals surface area (Å²) in [7, 11) is 0. The normalized spacial score (nSPS) is 14.4. The van der Waals surface area contributed by atoms with E-state index in [1.54, 1.807) is 27.7 Å². The first-order valence-corrected chi connectivity index (χ1v) is 4.50. The number of aliphatic hydroxyl groups is 1. The summed E-state index contributed by atoms with van der Waals surface area (Å²) in [5.41, 5.74) is -1.47. The summed E-state index contributed by atoms with van der Waals surface area (Å²) in [4.78, 5) is 10.0. The lowest BCUT2D eigenvalue weighted by Crippen LogP contribution is -2.18. The monoisotopic (exact) mass is 200 g/mol. The zero-order valence-corrected chi connectivity index (χ0v) is 9.59. The van der Waals surface area contributed by atoms with Gasteiger partial charge < -0.3 is 10.2 Å². The Bertz CT molecular complexity index is 216. The molecule has 2 N–H and O–H groups in total. The highest BCUT2D eigenvalue weighted by atomic mass is 16.4. The van der Waals surface area contributed by atoms with Gasteiger partial charge in [0.25, 0.3) is 0 Å². The van der Waals surface area contributed by atoms with Crippen LogP contribution in [-0.4, -0.2) is 21.8 Å². The van der Waals surface area contributed by atoms with Gasteiger partial charge in [-0.05, 0) is 34.1 Å². The molecule has 0 amide bonds. The Morgan fingerprint density at radius 1 is 1.36 bits per heavy atom. The first-order chi connectivity index (χ1) is 6.06. The molecule has 0 aromatic carbocycles. The third-order valence-corrected chi connectivity index (χ3v) is 1.64. The smallest absolute Gasteiger partial charge is 0.308 e. The molecule has 3 heteroatoms. The summed E-state index contributed by atoms with van der Waals surface area (Å²) in [6.07, 6.45) is 5.53. The van der Waals surface area contributed by atoms with Crippen molar-refractivity contribution in [2.45, 2.75) is 46.6 Å². The average molecular weight is 200 g/mol. The molecule has 3 nitrogen and oxygen atoms in total. The van der Waals surface area contributed by atoms with Crippen LogP contribution in [0.15, 0.2) is 0 Å². The van der Waals surface area contributed by atoms with E-state index in [4.69, 9.17) is 16.6 Å². The lowest BCUT2D eigenvalue weighted by Gasteiger charge is -2.10. The number of hydrogen-bond acceptors (Lipinski definition) is 2. The Labute approximate surface area is 86.1 Å². The van der Waals surface area contributed by atoms with Crippen molar-refractivity contribution in [1.29, 1.82) is 0 Å². The lowest BCUT2D eigenvalue weighted by molar-refractivity contribution is -0.145. The van der Waals surface area contributed by atoms with Crippen LogP contribution < -0.4 is 0 Å². The first kappa shape index (κ1) is 15.5. The molecule has 0 aliphatic carbocycles. The molecule has 0 aromatic rings. The van der Waals surface area contributed by atoms with E-state index in [-0.39, 0.29) is 0 Å². The van der Waals surface area contributed by atoms with E-state index in [1.165, 1.54) is 0 Å². The van der Waals surface area contributed by atoms with Crippen LogP contribution in [0.25, 0.3) is 0 Å². The average Bonchev–Trinajstić information content (AvgIpc) is 2.04. The van der Waals surface area contributed by atoms with Crippen LogP contribution in [0.2, 0.25) is 0 Å². The maximum absolute atomic E-state index is 10.0. The van der Waals surface area contributed by atoms with Crippen molar-refractivity contribution in [1.82, 2.24) is 0 Å². The van der Waals surface area contributed by atoms with Crippen molar-refractivity contribution in [3.05, 3.63) is 0 Å². The second-order valence-electron chi connectivity index (χ2n) is 4.33. The van der Waals surface area contributed by atoms with Crippen molar-refractivity contribution < 1.29 is 15.0 Å². The predicted octanol–water partition coefficient (Wildman–Crippen LogP) is 1.90. The van der Waals surface area contributed by atoms with Crippen LogP contribution in [0.3, 0.4) is 0 Å². The van der Waals surface area contributed by atoms with Gasteiger partial charge >= 0.3 is 5.97 Å². The lowest BCUT2D eigenvalue weighted by atomic mass is 9.98. The van der Waals surface area contributed by atoms with E-state index in [1.807, 2.05) is 6.92 Å². The largest absolute Gasteiger partial charge is 0.481 e. The fraction of sp³-hybridized carbons (Fsp3) is 0.727. The zero-order chi connectivity index (χ0) is 12.0. The molecule has 82 valence electrons. The van der Waals surface area contributed by atoms with Gasteiger partial charge in [0.2, 0.25) is 0 Å². The van der Waals surface area contributed by atoms with Crippen LogP contribution in [0, 0.1) is 17.8 Å². The molecular formula is C11H20O3. The molecule has 0 aliphatic heterocycles.